The van der Waals surface area contributed by atoms with Gasteiger partial charge in [-0.1, -0.05) is 28.1 Å². The van der Waals surface area contributed by atoms with Crippen molar-refractivity contribution in [2.45, 2.75) is 0 Å². The molecule has 0 aliphatic heterocycles. The molecule has 0 saturated carbocycles. The fourth-order valence-corrected chi connectivity index (χ4v) is 2.04. The highest BCUT2D eigenvalue weighted by Gasteiger charge is 2.10. The smallest absolute Gasteiger partial charge is 0.271 e. The summed E-state index contributed by atoms with van der Waals surface area (Å²) in [6.07, 6.45) is 1.63. The van der Waals surface area contributed by atoms with Crippen molar-refractivity contribution >= 4 is 33.5 Å². The van der Waals surface area contributed by atoms with Crippen LogP contribution in [0.3, 0.4) is 0 Å². The molecule has 0 atom stereocenters. The Morgan fingerprint density at radius 3 is 2.75 bits per heavy atom. The molecule has 0 aliphatic rings. The predicted octanol–water partition coefficient (Wildman–Crippen LogP) is 4.12. The summed E-state index contributed by atoms with van der Waals surface area (Å²) in [6.45, 7) is 0. The fraction of sp³-hybridized carbons (Fsp3) is 0.0714. The molecule has 0 fully saturated rings. The van der Waals surface area contributed by atoms with Gasteiger partial charge in [-0.2, -0.15) is 0 Å². The van der Waals surface area contributed by atoms with E-state index in [0.29, 0.717) is 11.4 Å². The molecule has 2 aromatic rings. The molecule has 6 heteroatoms. The lowest BCUT2D eigenvalue weighted by atomic mass is 10.2. The molecule has 2 rings (SSSR count). The van der Waals surface area contributed by atoms with Gasteiger partial charge in [-0.15, -0.1) is 0 Å². The zero-order valence-electron chi connectivity index (χ0n) is 10.6. The topological polar surface area (TPSA) is 64.7 Å². The second kappa shape index (κ2) is 6.29. The number of ether oxygens (including phenoxy) is 1. The van der Waals surface area contributed by atoms with Gasteiger partial charge in [-0.05, 0) is 23.8 Å². The Morgan fingerprint density at radius 2 is 2.10 bits per heavy atom. The number of benzene rings is 2. The van der Waals surface area contributed by atoms with E-state index in [9.17, 15) is 10.1 Å². The number of aliphatic imine (C=N–C) groups is 1. The third-order valence-electron chi connectivity index (χ3n) is 2.57. The quantitative estimate of drug-likeness (QED) is 0.480. The minimum absolute atomic E-state index is 0.0211. The summed E-state index contributed by atoms with van der Waals surface area (Å²) in [6, 6.07) is 11.9. The average Bonchev–Trinajstić information content (AvgIpc) is 2.44. The third kappa shape index (κ3) is 3.42. The SMILES string of the molecule is COc1ccc([N+](=O)[O-])cc1N=Cc1cccc(Br)c1. The van der Waals surface area contributed by atoms with Crippen molar-refractivity contribution in [3.8, 4) is 5.75 Å². The van der Waals surface area contributed by atoms with Crippen molar-refractivity contribution < 1.29 is 9.66 Å². The summed E-state index contributed by atoms with van der Waals surface area (Å²) in [5.41, 5.74) is 1.28. The van der Waals surface area contributed by atoms with Gasteiger partial charge in [0.25, 0.3) is 5.69 Å². The van der Waals surface area contributed by atoms with E-state index < -0.39 is 4.92 Å². The Hall–Kier alpha value is -2.21. The zero-order valence-corrected chi connectivity index (χ0v) is 12.2. The Balaban J connectivity index is 2.36. The van der Waals surface area contributed by atoms with E-state index in [1.54, 1.807) is 6.21 Å². The maximum atomic E-state index is 10.8. The average molecular weight is 335 g/mol. The third-order valence-corrected chi connectivity index (χ3v) is 3.07. The number of halogens is 1. The van der Waals surface area contributed by atoms with Crippen molar-refractivity contribution in [1.82, 2.24) is 0 Å². The predicted molar refractivity (Wildman–Crippen MR) is 81.0 cm³/mol. The molecule has 0 N–H and O–H groups in total. The maximum Gasteiger partial charge on any atom is 0.271 e. The van der Waals surface area contributed by atoms with Crippen LogP contribution in [0.4, 0.5) is 11.4 Å². The summed E-state index contributed by atoms with van der Waals surface area (Å²) >= 11 is 3.37. The van der Waals surface area contributed by atoms with Crippen LogP contribution >= 0.6 is 15.9 Å². The number of non-ortho nitro benzene ring substituents is 1. The number of hydrogen-bond donors (Lipinski definition) is 0. The van der Waals surface area contributed by atoms with E-state index in [4.69, 9.17) is 4.74 Å². The summed E-state index contributed by atoms with van der Waals surface area (Å²) in [4.78, 5) is 14.6. The van der Waals surface area contributed by atoms with Gasteiger partial charge in [-0.25, -0.2) is 0 Å². The molecule has 0 aliphatic carbocycles. The first-order valence-corrected chi connectivity index (χ1v) is 6.51. The molecular formula is C14H11BrN2O3. The Morgan fingerprint density at radius 1 is 1.30 bits per heavy atom. The highest BCUT2D eigenvalue weighted by molar-refractivity contribution is 9.10. The van der Waals surface area contributed by atoms with Crippen molar-refractivity contribution in [2.24, 2.45) is 4.99 Å². The number of hydrogen-bond acceptors (Lipinski definition) is 4. The van der Waals surface area contributed by atoms with E-state index in [-0.39, 0.29) is 5.69 Å². The molecule has 0 bridgehead atoms. The maximum absolute atomic E-state index is 10.8. The van der Waals surface area contributed by atoms with Crippen LogP contribution in [0.15, 0.2) is 51.9 Å². The standard InChI is InChI=1S/C14H11BrN2O3/c1-20-14-6-5-12(17(18)19)8-13(14)16-9-10-3-2-4-11(15)7-10/h2-9H,1H3. The van der Waals surface area contributed by atoms with Gasteiger partial charge in [0, 0.05) is 22.8 Å². The minimum Gasteiger partial charge on any atom is -0.494 e. The molecule has 0 heterocycles. The van der Waals surface area contributed by atoms with E-state index >= 15 is 0 Å². The van der Waals surface area contributed by atoms with Gasteiger partial charge >= 0.3 is 0 Å². The number of nitro benzene ring substituents is 1. The Labute approximate surface area is 124 Å². The van der Waals surface area contributed by atoms with E-state index in [1.165, 1.54) is 25.3 Å². The van der Waals surface area contributed by atoms with Crippen LogP contribution in [0.2, 0.25) is 0 Å². The van der Waals surface area contributed by atoms with Crippen LogP contribution in [-0.4, -0.2) is 18.2 Å². The molecule has 2 aromatic carbocycles. The molecule has 102 valence electrons. The van der Waals surface area contributed by atoms with Gasteiger partial charge in [0.2, 0.25) is 0 Å². The lowest BCUT2D eigenvalue weighted by Gasteiger charge is -2.03. The van der Waals surface area contributed by atoms with Crippen LogP contribution < -0.4 is 4.74 Å². The number of nitrogens with zero attached hydrogens (tertiary/aromatic N) is 2. The lowest BCUT2D eigenvalue weighted by molar-refractivity contribution is -0.384. The lowest BCUT2D eigenvalue weighted by Crippen LogP contribution is -1.90. The first-order chi connectivity index (χ1) is 9.60. The van der Waals surface area contributed by atoms with Crippen molar-refractivity contribution in [3.63, 3.8) is 0 Å². The monoisotopic (exact) mass is 334 g/mol. The molecule has 20 heavy (non-hydrogen) atoms. The van der Waals surface area contributed by atoms with Crippen LogP contribution in [0.25, 0.3) is 0 Å². The largest absolute Gasteiger partial charge is 0.494 e. The Kier molecular flexibility index (Phi) is 4.47. The van der Waals surface area contributed by atoms with Crippen molar-refractivity contribution in [3.05, 3.63) is 62.6 Å². The number of methoxy groups -OCH3 is 1. The van der Waals surface area contributed by atoms with Crippen LogP contribution in [-0.2, 0) is 0 Å². The first kappa shape index (κ1) is 14.2. The molecule has 0 spiro atoms. The van der Waals surface area contributed by atoms with E-state index in [2.05, 4.69) is 20.9 Å². The van der Waals surface area contributed by atoms with Gasteiger partial charge in [0.05, 0.1) is 12.0 Å². The first-order valence-electron chi connectivity index (χ1n) is 5.72. The number of nitro groups is 1. The second-order valence-electron chi connectivity index (χ2n) is 3.93. The van der Waals surface area contributed by atoms with Crippen molar-refractivity contribution in [2.75, 3.05) is 7.11 Å². The molecule has 0 amide bonds. The summed E-state index contributed by atoms with van der Waals surface area (Å²) < 4.78 is 6.08. The zero-order chi connectivity index (χ0) is 14.5. The molecule has 0 saturated heterocycles. The van der Waals surface area contributed by atoms with E-state index in [1.807, 2.05) is 24.3 Å². The summed E-state index contributed by atoms with van der Waals surface area (Å²) in [7, 11) is 1.50. The van der Waals surface area contributed by atoms with Gasteiger partial charge in [-0.3, -0.25) is 15.1 Å². The second-order valence-corrected chi connectivity index (χ2v) is 4.84. The fourth-order valence-electron chi connectivity index (χ4n) is 1.62. The molecule has 5 nitrogen and oxygen atoms in total. The number of rotatable bonds is 4. The van der Waals surface area contributed by atoms with E-state index in [0.717, 1.165) is 10.0 Å². The molecule has 0 unspecified atom stereocenters. The van der Waals surface area contributed by atoms with Gasteiger partial charge < -0.3 is 4.74 Å². The van der Waals surface area contributed by atoms with Crippen molar-refractivity contribution in [1.29, 1.82) is 0 Å². The van der Waals surface area contributed by atoms with Crippen LogP contribution in [0.5, 0.6) is 5.75 Å². The van der Waals surface area contributed by atoms with Crippen LogP contribution in [0, 0.1) is 10.1 Å². The molecule has 0 aromatic heterocycles. The summed E-state index contributed by atoms with van der Waals surface area (Å²) in [5.74, 6) is 0.488. The summed E-state index contributed by atoms with van der Waals surface area (Å²) in [5, 5.41) is 10.8. The molecular weight excluding hydrogens is 324 g/mol. The molecule has 0 radical (unpaired) electrons. The normalized spacial score (nSPS) is 10.7. The van der Waals surface area contributed by atoms with Gasteiger partial charge in [0.15, 0.2) is 0 Å². The highest BCUT2D eigenvalue weighted by Crippen LogP contribution is 2.31. The Bertz CT molecular complexity index is 671. The van der Waals surface area contributed by atoms with Crippen LogP contribution in [0.1, 0.15) is 5.56 Å². The highest BCUT2D eigenvalue weighted by atomic mass is 79.9. The van der Waals surface area contributed by atoms with Gasteiger partial charge in [0.1, 0.15) is 11.4 Å². The minimum atomic E-state index is -0.461.